The summed E-state index contributed by atoms with van der Waals surface area (Å²) in [6.45, 7) is 0. The number of nitrogens with zero attached hydrogens (tertiary/aromatic N) is 2. The molecule has 0 amide bonds. The molecule has 118 valence electrons. The van der Waals surface area contributed by atoms with Crippen LogP contribution in [0.5, 0.6) is 5.75 Å². The molecule has 7 nitrogen and oxygen atoms in total. The third-order valence-corrected chi connectivity index (χ3v) is 4.70. The van der Waals surface area contributed by atoms with Crippen molar-refractivity contribution in [3.05, 3.63) is 28.4 Å². The maximum absolute atomic E-state index is 11.9. The van der Waals surface area contributed by atoms with Crippen LogP contribution in [0.2, 0.25) is 0 Å². The molecule has 0 aliphatic carbocycles. The van der Waals surface area contributed by atoms with E-state index in [9.17, 15) is 13.2 Å². The second kappa shape index (κ2) is 5.73. The molecule has 0 aliphatic rings. The predicted molar refractivity (Wildman–Crippen MR) is 83.0 cm³/mol. The number of halogens is 1. The Balaban J connectivity index is 2.73. The van der Waals surface area contributed by atoms with Gasteiger partial charge in [0.15, 0.2) is 21.3 Å². The number of hydrogen-bond donors (Lipinski definition) is 1. The Morgan fingerprint density at radius 3 is 2.45 bits per heavy atom. The maximum atomic E-state index is 11.9. The minimum atomic E-state index is -3.52. The van der Waals surface area contributed by atoms with Gasteiger partial charge < -0.3 is 9.84 Å². The molecule has 2 aromatic rings. The van der Waals surface area contributed by atoms with Crippen LogP contribution in [0, 0.1) is 0 Å². The van der Waals surface area contributed by atoms with Gasteiger partial charge in [-0.25, -0.2) is 13.2 Å². The normalized spacial score (nSPS) is 11.5. The van der Waals surface area contributed by atoms with E-state index < -0.39 is 15.8 Å². The summed E-state index contributed by atoms with van der Waals surface area (Å²) in [6, 6.07) is 4.46. The first-order chi connectivity index (χ1) is 10.1. The zero-order chi connectivity index (χ0) is 16.7. The minimum absolute atomic E-state index is 0.0115. The summed E-state index contributed by atoms with van der Waals surface area (Å²) in [5.41, 5.74) is 0.867. The van der Waals surface area contributed by atoms with Crippen molar-refractivity contribution in [3.63, 3.8) is 0 Å². The van der Waals surface area contributed by atoms with Crippen molar-refractivity contribution in [3.8, 4) is 17.0 Å². The van der Waals surface area contributed by atoms with Gasteiger partial charge in [0.05, 0.1) is 17.3 Å². The van der Waals surface area contributed by atoms with Crippen LogP contribution in [0.25, 0.3) is 11.3 Å². The van der Waals surface area contributed by atoms with Crippen LogP contribution >= 0.6 is 15.9 Å². The number of carboxylic acids is 1. The summed E-state index contributed by atoms with van der Waals surface area (Å²) >= 11 is 3.27. The van der Waals surface area contributed by atoms with Crippen molar-refractivity contribution in [2.75, 3.05) is 13.4 Å². The Hall–Kier alpha value is -1.87. The van der Waals surface area contributed by atoms with Gasteiger partial charge in [-0.2, -0.15) is 5.10 Å². The van der Waals surface area contributed by atoms with Crippen LogP contribution in [0.3, 0.4) is 0 Å². The highest BCUT2D eigenvalue weighted by Gasteiger charge is 2.21. The molecule has 1 heterocycles. The van der Waals surface area contributed by atoms with Gasteiger partial charge in [0.25, 0.3) is 0 Å². The van der Waals surface area contributed by atoms with E-state index in [2.05, 4.69) is 21.0 Å². The summed E-state index contributed by atoms with van der Waals surface area (Å²) < 4.78 is 30.8. The fourth-order valence-corrected chi connectivity index (χ4v) is 3.66. The van der Waals surface area contributed by atoms with Crippen LogP contribution < -0.4 is 4.74 Å². The van der Waals surface area contributed by atoms with Crippen molar-refractivity contribution < 1.29 is 23.1 Å². The molecular weight excluding hydrogens is 376 g/mol. The highest BCUT2D eigenvalue weighted by molar-refractivity contribution is 9.10. The second-order valence-electron chi connectivity index (χ2n) is 4.61. The van der Waals surface area contributed by atoms with Crippen molar-refractivity contribution in [2.45, 2.75) is 4.90 Å². The number of rotatable bonds is 4. The lowest BCUT2D eigenvalue weighted by molar-refractivity contribution is 0.0689. The molecule has 0 saturated carbocycles. The highest BCUT2D eigenvalue weighted by Crippen LogP contribution is 2.37. The fraction of sp³-hybridized carbons (Fsp3) is 0.231. The number of aromatic carboxylic acids is 1. The van der Waals surface area contributed by atoms with Gasteiger partial charge >= 0.3 is 5.97 Å². The number of aryl methyl sites for hydroxylation is 1. The number of benzene rings is 1. The molecule has 0 fully saturated rings. The van der Waals surface area contributed by atoms with Crippen molar-refractivity contribution in [1.29, 1.82) is 0 Å². The largest absolute Gasteiger partial charge is 0.494 e. The lowest BCUT2D eigenvalue weighted by atomic mass is 10.1. The molecule has 0 radical (unpaired) electrons. The van der Waals surface area contributed by atoms with E-state index in [0.29, 0.717) is 15.7 Å². The summed E-state index contributed by atoms with van der Waals surface area (Å²) in [7, 11) is -0.563. The monoisotopic (exact) mass is 388 g/mol. The summed E-state index contributed by atoms with van der Waals surface area (Å²) in [6.07, 6.45) is 1.08. The van der Waals surface area contributed by atoms with E-state index in [1.807, 2.05) is 0 Å². The molecule has 22 heavy (non-hydrogen) atoms. The third kappa shape index (κ3) is 3.00. The summed E-state index contributed by atoms with van der Waals surface area (Å²) in [5.74, 6) is -0.954. The smallest absolute Gasteiger partial charge is 0.356 e. The van der Waals surface area contributed by atoms with Gasteiger partial charge in [0.1, 0.15) is 4.90 Å². The number of carbonyl (C=O) groups is 1. The highest BCUT2D eigenvalue weighted by atomic mass is 79.9. The van der Waals surface area contributed by atoms with E-state index in [1.165, 1.54) is 23.9 Å². The molecule has 0 aliphatic heterocycles. The number of ether oxygens (including phenoxy) is 1. The van der Waals surface area contributed by atoms with Crippen LogP contribution in [0.15, 0.2) is 27.6 Å². The van der Waals surface area contributed by atoms with Crippen molar-refractivity contribution >= 4 is 31.7 Å². The van der Waals surface area contributed by atoms with E-state index in [1.54, 1.807) is 13.1 Å². The first-order valence-electron chi connectivity index (χ1n) is 6.00. The molecule has 0 spiro atoms. The van der Waals surface area contributed by atoms with Gasteiger partial charge in [-0.15, -0.1) is 0 Å². The maximum Gasteiger partial charge on any atom is 0.356 e. The number of sulfone groups is 1. The standard InChI is InChI=1S/C13H13BrN2O5S/c1-16-10(6-9(15-16)13(17)18)7-4-8(14)12(21-2)11(5-7)22(3,19)20/h4-6H,1-3H3,(H,17,18). The zero-order valence-electron chi connectivity index (χ0n) is 12.0. The Morgan fingerprint density at radius 2 is 2.00 bits per heavy atom. The second-order valence-corrected chi connectivity index (χ2v) is 7.44. The molecule has 1 aromatic carbocycles. The van der Waals surface area contributed by atoms with E-state index in [4.69, 9.17) is 9.84 Å². The molecule has 0 bridgehead atoms. The number of methoxy groups -OCH3 is 1. The van der Waals surface area contributed by atoms with Gasteiger partial charge in [-0.05, 0) is 34.1 Å². The van der Waals surface area contributed by atoms with Crippen LogP contribution in [-0.4, -0.2) is 42.6 Å². The Labute approximate surface area is 135 Å². The third-order valence-electron chi connectivity index (χ3n) is 3.01. The molecule has 0 unspecified atom stereocenters. The average molecular weight is 389 g/mol. The van der Waals surface area contributed by atoms with E-state index in [0.717, 1.165) is 6.26 Å². The zero-order valence-corrected chi connectivity index (χ0v) is 14.4. The van der Waals surface area contributed by atoms with Crippen LogP contribution in [0.1, 0.15) is 10.5 Å². The molecule has 0 atom stereocenters. The molecule has 2 rings (SSSR count). The van der Waals surface area contributed by atoms with Crippen molar-refractivity contribution in [1.82, 2.24) is 9.78 Å². The number of hydrogen-bond acceptors (Lipinski definition) is 5. The van der Waals surface area contributed by atoms with Gasteiger partial charge in [0, 0.05) is 18.9 Å². The van der Waals surface area contributed by atoms with Gasteiger partial charge in [-0.3, -0.25) is 4.68 Å². The van der Waals surface area contributed by atoms with E-state index in [-0.39, 0.29) is 16.3 Å². The Kier molecular flexibility index (Phi) is 4.30. The number of aromatic nitrogens is 2. The first-order valence-corrected chi connectivity index (χ1v) is 8.69. The van der Waals surface area contributed by atoms with E-state index >= 15 is 0 Å². The molecule has 0 saturated heterocycles. The van der Waals surface area contributed by atoms with Crippen LogP contribution in [0.4, 0.5) is 0 Å². The minimum Gasteiger partial charge on any atom is -0.494 e. The molecule has 1 N–H and O–H groups in total. The lowest BCUT2D eigenvalue weighted by Crippen LogP contribution is -2.03. The summed E-state index contributed by atoms with van der Waals surface area (Å²) in [4.78, 5) is 11.0. The first kappa shape index (κ1) is 16.5. The summed E-state index contributed by atoms with van der Waals surface area (Å²) in [5, 5.41) is 12.9. The van der Waals surface area contributed by atoms with Gasteiger partial charge in [0.2, 0.25) is 0 Å². The molecular formula is C13H13BrN2O5S. The lowest BCUT2D eigenvalue weighted by Gasteiger charge is -2.12. The fourth-order valence-electron chi connectivity index (χ4n) is 2.03. The average Bonchev–Trinajstić information content (AvgIpc) is 2.79. The Bertz CT molecular complexity index is 858. The Morgan fingerprint density at radius 1 is 1.36 bits per heavy atom. The predicted octanol–water partition coefficient (Wildman–Crippen LogP) is 1.96. The van der Waals surface area contributed by atoms with Crippen LogP contribution in [-0.2, 0) is 16.9 Å². The SMILES string of the molecule is COc1c(Br)cc(-c2cc(C(=O)O)nn2C)cc1S(C)(=O)=O. The quantitative estimate of drug-likeness (QED) is 0.859. The topological polar surface area (TPSA) is 98.5 Å². The van der Waals surface area contributed by atoms with Gasteiger partial charge in [-0.1, -0.05) is 0 Å². The van der Waals surface area contributed by atoms with Crippen molar-refractivity contribution in [2.24, 2.45) is 7.05 Å². The molecule has 1 aromatic heterocycles. The number of carboxylic acid groups (broad SMARTS) is 1. The molecule has 9 heteroatoms.